The molecule has 7 nitrogen and oxygen atoms in total. The van der Waals surface area contributed by atoms with Gasteiger partial charge in [0.2, 0.25) is 0 Å². The lowest BCUT2D eigenvalue weighted by Crippen LogP contribution is -2.50. The van der Waals surface area contributed by atoms with Gasteiger partial charge in [0, 0.05) is 44.7 Å². The fourth-order valence-electron chi connectivity index (χ4n) is 3.67. The third kappa shape index (κ3) is 3.61. The number of hydrogen-bond donors (Lipinski definition) is 2. The highest BCUT2D eigenvalue weighted by atomic mass is 16.3. The summed E-state index contributed by atoms with van der Waals surface area (Å²) in [4.78, 5) is 34.7. The second-order valence-electron chi connectivity index (χ2n) is 6.48. The zero-order valence-electron chi connectivity index (χ0n) is 13.3. The van der Waals surface area contributed by atoms with Gasteiger partial charge in [0.1, 0.15) is 0 Å². The maximum atomic E-state index is 12.4. The minimum Gasteiger partial charge on any atom is -0.396 e. The van der Waals surface area contributed by atoms with Crippen molar-refractivity contribution in [1.29, 1.82) is 0 Å². The van der Waals surface area contributed by atoms with Crippen molar-refractivity contribution in [3.63, 3.8) is 0 Å². The molecule has 126 valence electrons. The standard InChI is InChI=1S/C16H24N4O3/c21-11-12-2-1-7-20(10-12)13-3-8-19(9-4-13)16(23)14-15(22)18-6-5-17-14/h5-6,12-13,21H,1-4,7-11H2,(H,18,22)/t12-/m0/s1. The Kier molecular flexibility index (Phi) is 5.07. The van der Waals surface area contributed by atoms with Crippen LogP contribution in [0.3, 0.4) is 0 Å². The summed E-state index contributed by atoms with van der Waals surface area (Å²) in [5, 5.41) is 9.36. The molecule has 0 unspecified atom stereocenters. The Labute approximate surface area is 135 Å². The maximum Gasteiger partial charge on any atom is 0.279 e. The number of rotatable bonds is 3. The molecule has 0 saturated carbocycles. The molecule has 2 N–H and O–H groups in total. The summed E-state index contributed by atoms with van der Waals surface area (Å²) in [6.07, 6.45) is 6.92. The summed E-state index contributed by atoms with van der Waals surface area (Å²) in [5.74, 6) is 0.104. The van der Waals surface area contributed by atoms with Crippen molar-refractivity contribution in [2.75, 3.05) is 32.8 Å². The Balaban J connectivity index is 1.57. The first-order chi connectivity index (χ1) is 11.2. The van der Waals surface area contributed by atoms with Crippen molar-refractivity contribution < 1.29 is 9.90 Å². The fourth-order valence-corrected chi connectivity index (χ4v) is 3.67. The van der Waals surface area contributed by atoms with Crippen molar-refractivity contribution in [2.24, 2.45) is 5.92 Å². The highest BCUT2D eigenvalue weighted by Crippen LogP contribution is 2.23. The number of piperidine rings is 2. The lowest BCUT2D eigenvalue weighted by Gasteiger charge is -2.42. The third-order valence-electron chi connectivity index (χ3n) is 4.99. The number of H-pyrrole nitrogens is 1. The van der Waals surface area contributed by atoms with Crippen LogP contribution < -0.4 is 5.56 Å². The summed E-state index contributed by atoms with van der Waals surface area (Å²) in [6.45, 7) is 3.60. The number of likely N-dealkylation sites (tertiary alicyclic amines) is 2. The average Bonchev–Trinajstić information content (AvgIpc) is 2.62. The summed E-state index contributed by atoms with van der Waals surface area (Å²) >= 11 is 0. The van der Waals surface area contributed by atoms with Gasteiger partial charge in [-0.25, -0.2) is 4.98 Å². The number of amides is 1. The lowest BCUT2D eigenvalue weighted by atomic mass is 9.94. The quantitative estimate of drug-likeness (QED) is 0.823. The van der Waals surface area contributed by atoms with Crippen LogP contribution in [0.2, 0.25) is 0 Å². The topological polar surface area (TPSA) is 89.5 Å². The molecule has 2 aliphatic rings. The zero-order chi connectivity index (χ0) is 16.2. The van der Waals surface area contributed by atoms with E-state index in [4.69, 9.17) is 0 Å². The molecular weight excluding hydrogens is 296 g/mol. The summed E-state index contributed by atoms with van der Waals surface area (Å²) in [6, 6.07) is 0.468. The van der Waals surface area contributed by atoms with E-state index >= 15 is 0 Å². The van der Waals surface area contributed by atoms with E-state index in [0.29, 0.717) is 25.0 Å². The number of aliphatic hydroxyl groups excluding tert-OH is 1. The Hall–Kier alpha value is -1.73. The molecule has 3 heterocycles. The molecule has 3 rings (SSSR count). The van der Waals surface area contributed by atoms with Gasteiger partial charge in [0.15, 0.2) is 5.69 Å². The summed E-state index contributed by atoms with van der Waals surface area (Å²) in [7, 11) is 0. The van der Waals surface area contributed by atoms with Crippen molar-refractivity contribution in [1.82, 2.24) is 19.8 Å². The van der Waals surface area contributed by atoms with Gasteiger partial charge in [-0.05, 0) is 38.1 Å². The molecule has 2 fully saturated rings. The molecule has 1 atom stereocenters. The van der Waals surface area contributed by atoms with E-state index < -0.39 is 5.56 Å². The molecular formula is C16H24N4O3. The van der Waals surface area contributed by atoms with Gasteiger partial charge in [-0.15, -0.1) is 0 Å². The minimum absolute atomic E-state index is 0.0238. The monoisotopic (exact) mass is 320 g/mol. The van der Waals surface area contributed by atoms with Crippen LogP contribution in [0, 0.1) is 5.92 Å². The van der Waals surface area contributed by atoms with E-state index in [2.05, 4.69) is 14.9 Å². The summed E-state index contributed by atoms with van der Waals surface area (Å²) < 4.78 is 0. The van der Waals surface area contributed by atoms with E-state index in [9.17, 15) is 14.7 Å². The molecule has 0 aromatic carbocycles. The van der Waals surface area contributed by atoms with Gasteiger partial charge >= 0.3 is 0 Å². The molecule has 1 amide bonds. The molecule has 0 radical (unpaired) electrons. The van der Waals surface area contributed by atoms with Gasteiger partial charge in [0.25, 0.3) is 11.5 Å². The zero-order valence-corrected chi connectivity index (χ0v) is 13.3. The normalized spacial score (nSPS) is 23.9. The third-order valence-corrected chi connectivity index (χ3v) is 4.99. The van der Waals surface area contributed by atoms with Crippen LogP contribution in [0.5, 0.6) is 0 Å². The van der Waals surface area contributed by atoms with Crippen LogP contribution in [0.15, 0.2) is 17.2 Å². The van der Waals surface area contributed by atoms with Gasteiger partial charge in [-0.3, -0.25) is 14.5 Å². The number of aromatic amines is 1. The Morgan fingerprint density at radius 3 is 2.78 bits per heavy atom. The molecule has 1 aromatic heterocycles. The molecule has 7 heteroatoms. The number of nitrogens with zero attached hydrogens (tertiary/aromatic N) is 3. The number of carbonyl (C=O) groups is 1. The first kappa shape index (κ1) is 16.1. The largest absolute Gasteiger partial charge is 0.396 e. The van der Waals surface area contributed by atoms with Crippen molar-refractivity contribution >= 4 is 5.91 Å². The van der Waals surface area contributed by atoms with E-state index in [1.54, 1.807) is 4.90 Å². The smallest absolute Gasteiger partial charge is 0.279 e. The van der Waals surface area contributed by atoms with Crippen molar-refractivity contribution in [3.8, 4) is 0 Å². The molecule has 0 spiro atoms. The van der Waals surface area contributed by atoms with E-state index in [0.717, 1.165) is 38.8 Å². The van der Waals surface area contributed by atoms with Crippen molar-refractivity contribution in [3.05, 3.63) is 28.4 Å². The van der Waals surface area contributed by atoms with Crippen LogP contribution in [0.25, 0.3) is 0 Å². The maximum absolute atomic E-state index is 12.4. The van der Waals surface area contributed by atoms with E-state index in [1.807, 2.05) is 0 Å². The second kappa shape index (κ2) is 7.23. The SMILES string of the molecule is O=C(c1ncc[nH]c1=O)N1CCC(N2CCC[C@H](CO)C2)CC1. The molecule has 2 saturated heterocycles. The van der Waals surface area contributed by atoms with Gasteiger partial charge < -0.3 is 15.0 Å². The predicted octanol–water partition coefficient (Wildman–Crippen LogP) is 0.0788. The molecule has 23 heavy (non-hydrogen) atoms. The lowest BCUT2D eigenvalue weighted by molar-refractivity contribution is 0.0451. The van der Waals surface area contributed by atoms with Crippen LogP contribution >= 0.6 is 0 Å². The molecule has 2 aliphatic heterocycles. The number of aromatic nitrogens is 2. The summed E-state index contributed by atoms with van der Waals surface area (Å²) in [5.41, 5.74) is -0.453. The number of carbonyl (C=O) groups excluding carboxylic acids is 1. The highest BCUT2D eigenvalue weighted by Gasteiger charge is 2.31. The van der Waals surface area contributed by atoms with Crippen LogP contribution in [-0.4, -0.2) is 69.6 Å². The molecule has 1 aromatic rings. The van der Waals surface area contributed by atoms with E-state index in [1.165, 1.54) is 12.4 Å². The highest BCUT2D eigenvalue weighted by molar-refractivity contribution is 5.91. The Morgan fingerprint density at radius 2 is 2.09 bits per heavy atom. The van der Waals surface area contributed by atoms with Crippen molar-refractivity contribution in [2.45, 2.75) is 31.7 Å². The minimum atomic E-state index is -0.429. The predicted molar refractivity (Wildman–Crippen MR) is 85.2 cm³/mol. The average molecular weight is 320 g/mol. The molecule has 0 aliphatic carbocycles. The first-order valence-electron chi connectivity index (χ1n) is 8.37. The molecule has 0 bridgehead atoms. The number of aliphatic hydroxyl groups is 1. The van der Waals surface area contributed by atoms with Gasteiger partial charge in [-0.2, -0.15) is 0 Å². The van der Waals surface area contributed by atoms with Gasteiger partial charge in [-0.1, -0.05) is 0 Å². The van der Waals surface area contributed by atoms with Gasteiger partial charge in [0.05, 0.1) is 0 Å². The van der Waals surface area contributed by atoms with E-state index in [-0.39, 0.29) is 18.2 Å². The second-order valence-corrected chi connectivity index (χ2v) is 6.48. The van der Waals surface area contributed by atoms with Crippen LogP contribution in [-0.2, 0) is 0 Å². The number of hydrogen-bond acceptors (Lipinski definition) is 5. The van der Waals surface area contributed by atoms with Crippen LogP contribution in [0.1, 0.15) is 36.2 Å². The Bertz CT molecular complexity index is 595. The Morgan fingerprint density at radius 1 is 1.30 bits per heavy atom. The van der Waals surface area contributed by atoms with Crippen LogP contribution in [0.4, 0.5) is 0 Å². The first-order valence-corrected chi connectivity index (χ1v) is 8.37. The number of nitrogens with one attached hydrogen (secondary N) is 1. The fraction of sp³-hybridized carbons (Fsp3) is 0.688.